The van der Waals surface area contributed by atoms with Gasteiger partial charge in [0.15, 0.2) is 4.90 Å². The maximum absolute atomic E-state index is 11.9. The molecule has 2 aromatic carbocycles. The summed E-state index contributed by atoms with van der Waals surface area (Å²) < 4.78 is 14.1. The lowest BCUT2D eigenvalue weighted by molar-refractivity contribution is 0.601. The molecule has 1 aliphatic heterocycles. The molecule has 6 nitrogen and oxygen atoms in total. The van der Waals surface area contributed by atoms with E-state index in [0.29, 0.717) is 0 Å². The van der Waals surface area contributed by atoms with Crippen molar-refractivity contribution in [2.24, 2.45) is 4.99 Å². The minimum Gasteiger partial charge on any atom is -0.612 e. The summed E-state index contributed by atoms with van der Waals surface area (Å²) in [6, 6.07) is 24.0. The maximum atomic E-state index is 11.9. The van der Waals surface area contributed by atoms with Gasteiger partial charge in [-0.15, -0.1) is 0 Å². The van der Waals surface area contributed by atoms with Crippen molar-refractivity contribution in [2.75, 3.05) is 11.6 Å². The standard InChI is InChI=1S/C27H25N5OS/c1-18(2)29-24-16-27-25(15-23(24)30-19-7-6-14-28-17-19)31-22-8-4-5-9-26(22)32(27)20-10-12-21(13-11-20)34(3)33/h4-18,30H,1-3H3/b29-24+. The molecule has 0 amide bonds. The largest absolute Gasteiger partial charge is 0.612 e. The molecule has 1 N–H and O–H groups in total. The molecule has 0 spiro atoms. The van der Waals surface area contributed by atoms with Crippen LogP contribution in [0.5, 0.6) is 0 Å². The van der Waals surface area contributed by atoms with E-state index in [1.807, 2.05) is 60.7 Å². The fourth-order valence-corrected chi connectivity index (χ4v) is 4.50. The van der Waals surface area contributed by atoms with Crippen molar-refractivity contribution in [3.8, 4) is 17.1 Å². The van der Waals surface area contributed by atoms with E-state index in [1.54, 1.807) is 18.6 Å². The van der Waals surface area contributed by atoms with E-state index in [-0.39, 0.29) is 6.04 Å². The SMILES string of the molecule is CC(C)/N=c1\cc2n(-c3ccc([S+](C)[O-])cc3)c3ccccc3nc-2cc1Nc1cccnc1. The number of rotatable bonds is 5. The lowest BCUT2D eigenvalue weighted by Crippen LogP contribution is -2.16. The number of anilines is 2. The monoisotopic (exact) mass is 467 g/mol. The summed E-state index contributed by atoms with van der Waals surface area (Å²) in [6.07, 6.45) is 5.23. The van der Waals surface area contributed by atoms with Gasteiger partial charge in [0, 0.05) is 17.9 Å². The summed E-state index contributed by atoms with van der Waals surface area (Å²) in [5.41, 5.74) is 6.40. The van der Waals surface area contributed by atoms with E-state index in [0.717, 1.165) is 49.7 Å². The Labute approximate surface area is 201 Å². The summed E-state index contributed by atoms with van der Waals surface area (Å²) in [5.74, 6) is 0. The van der Waals surface area contributed by atoms with Crippen LogP contribution in [0.2, 0.25) is 0 Å². The number of fused-ring (bicyclic) bond motifs is 2. The molecule has 34 heavy (non-hydrogen) atoms. The van der Waals surface area contributed by atoms with Gasteiger partial charge in [-0.1, -0.05) is 12.1 Å². The number of para-hydroxylation sites is 2. The molecule has 0 radical (unpaired) electrons. The second-order valence-corrected chi connectivity index (χ2v) is 9.71. The second-order valence-electron chi connectivity index (χ2n) is 8.33. The van der Waals surface area contributed by atoms with E-state index in [2.05, 4.69) is 40.8 Å². The van der Waals surface area contributed by atoms with E-state index < -0.39 is 11.2 Å². The highest BCUT2D eigenvalue weighted by molar-refractivity contribution is 7.90. The first-order valence-corrected chi connectivity index (χ1v) is 12.7. The van der Waals surface area contributed by atoms with Crippen molar-refractivity contribution in [1.29, 1.82) is 0 Å². The van der Waals surface area contributed by atoms with Crippen LogP contribution in [0.15, 0.2) is 95.1 Å². The Hall–Kier alpha value is -3.68. The predicted molar refractivity (Wildman–Crippen MR) is 138 cm³/mol. The van der Waals surface area contributed by atoms with E-state index >= 15 is 0 Å². The van der Waals surface area contributed by atoms with Crippen LogP contribution in [-0.2, 0) is 11.2 Å². The molecule has 7 heteroatoms. The van der Waals surface area contributed by atoms with Crippen molar-refractivity contribution < 1.29 is 4.55 Å². The molecule has 1 aliphatic carbocycles. The number of nitrogens with one attached hydrogen (secondary N) is 1. The number of nitrogens with zero attached hydrogens (tertiary/aromatic N) is 4. The zero-order chi connectivity index (χ0) is 23.7. The first-order valence-electron chi connectivity index (χ1n) is 11.1. The molecule has 0 saturated heterocycles. The van der Waals surface area contributed by atoms with Crippen LogP contribution in [-0.4, -0.2) is 31.4 Å². The molecule has 1 unspecified atom stereocenters. The van der Waals surface area contributed by atoms with Gasteiger partial charge < -0.3 is 14.4 Å². The third kappa shape index (κ3) is 4.40. The summed E-state index contributed by atoms with van der Waals surface area (Å²) in [7, 11) is 0. The highest BCUT2D eigenvalue weighted by Gasteiger charge is 2.17. The quantitative estimate of drug-likeness (QED) is 0.280. The Morgan fingerprint density at radius 1 is 1.00 bits per heavy atom. The number of hydrogen-bond donors (Lipinski definition) is 1. The van der Waals surface area contributed by atoms with Crippen LogP contribution in [0.25, 0.3) is 28.1 Å². The number of aromatic nitrogens is 3. The van der Waals surface area contributed by atoms with Gasteiger partial charge in [0.2, 0.25) is 0 Å². The van der Waals surface area contributed by atoms with Gasteiger partial charge in [-0.25, -0.2) is 4.98 Å². The van der Waals surface area contributed by atoms with E-state index in [9.17, 15) is 4.55 Å². The third-order valence-corrected chi connectivity index (χ3v) is 6.40. The molecule has 1 aromatic heterocycles. The molecule has 0 fully saturated rings. The Morgan fingerprint density at radius 2 is 1.79 bits per heavy atom. The molecule has 170 valence electrons. The summed E-state index contributed by atoms with van der Waals surface area (Å²) in [5, 5.41) is 4.31. The Balaban J connectivity index is 1.79. The molecule has 0 bridgehead atoms. The van der Waals surface area contributed by atoms with Gasteiger partial charge in [0.1, 0.15) is 6.26 Å². The smallest absolute Gasteiger partial charge is 0.152 e. The number of hydrogen-bond acceptors (Lipinski definition) is 5. The van der Waals surface area contributed by atoms with Crippen molar-refractivity contribution in [3.63, 3.8) is 0 Å². The molecular weight excluding hydrogens is 442 g/mol. The van der Waals surface area contributed by atoms with Crippen molar-refractivity contribution >= 4 is 33.6 Å². The Bertz CT molecular complexity index is 1480. The number of benzene rings is 3. The van der Waals surface area contributed by atoms with Gasteiger partial charge in [-0.05, 0) is 85.7 Å². The van der Waals surface area contributed by atoms with Crippen LogP contribution in [0.4, 0.5) is 11.4 Å². The lowest BCUT2D eigenvalue weighted by atomic mass is 10.1. The molecule has 2 aliphatic rings. The van der Waals surface area contributed by atoms with Crippen LogP contribution >= 0.6 is 0 Å². The van der Waals surface area contributed by atoms with Gasteiger partial charge in [-0.3, -0.25) is 9.98 Å². The number of pyridine rings is 1. The molecule has 5 rings (SSSR count). The zero-order valence-electron chi connectivity index (χ0n) is 19.3. The fourth-order valence-electron chi connectivity index (χ4n) is 3.98. The van der Waals surface area contributed by atoms with Crippen molar-refractivity contribution in [2.45, 2.75) is 24.8 Å². The third-order valence-electron chi connectivity index (χ3n) is 5.46. The predicted octanol–water partition coefficient (Wildman–Crippen LogP) is 5.32. The second kappa shape index (κ2) is 9.29. The highest BCUT2D eigenvalue weighted by atomic mass is 32.2. The first kappa shape index (κ1) is 22.1. The minimum absolute atomic E-state index is 0.118. The van der Waals surface area contributed by atoms with Crippen molar-refractivity contribution in [3.05, 3.63) is 90.5 Å². The van der Waals surface area contributed by atoms with E-state index in [4.69, 9.17) is 9.98 Å². The van der Waals surface area contributed by atoms with Crippen LogP contribution in [0, 0.1) is 0 Å². The minimum atomic E-state index is -1.03. The highest BCUT2D eigenvalue weighted by Crippen LogP contribution is 2.30. The summed E-state index contributed by atoms with van der Waals surface area (Å²) in [4.78, 5) is 14.9. The molecule has 0 saturated carbocycles. The van der Waals surface area contributed by atoms with Gasteiger partial charge in [0.05, 0.1) is 45.4 Å². The Kier molecular flexibility index (Phi) is 6.04. The van der Waals surface area contributed by atoms with Gasteiger partial charge in [0.25, 0.3) is 0 Å². The molecule has 3 aromatic rings. The molecule has 1 atom stereocenters. The summed E-state index contributed by atoms with van der Waals surface area (Å²) in [6.45, 7) is 4.13. The first-order chi connectivity index (χ1) is 16.5. The molecule has 2 heterocycles. The fraction of sp³-hybridized carbons (Fsp3) is 0.148. The summed E-state index contributed by atoms with van der Waals surface area (Å²) >= 11 is -1.03. The van der Waals surface area contributed by atoms with Crippen LogP contribution < -0.4 is 10.7 Å². The Morgan fingerprint density at radius 3 is 2.50 bits per heavy atom. The normalized spacial score (nSPS) is 13.0. The topological polar surface area (TPSA) is 78.2 Å². The average molecular weight is 468 g/mol. The van der Waals surface area contributed by atoms with Crippen molar-refractivity contribution in [1.82, 2.24) is 14.5 Å². The van der Waals surface area contributed by atoms with Crippen LogP contribution in [0.3, 0.4) is 0 Å². The molecular formula is C27H25N5OS. The van der Waals surface area contributed by atoms with Crippen LogP contribution in [0.1, 0.15) is 13.8 Å². The lowest BCUT2D eigenvalue weighted by Gasteiger charge is -2.20. The zero-order valence-corrected chi connectivity index (χ0v) is 20.1. The van der Waals surface area contributed by atoms with Gasteiger partial charge in [-0.2, -0.15) is 0 Å². The average Bonchev–Trinajstić information content (AvgIpc) is 2.83. The van der Waals surface area contributed by atoms with E-state index in [1.165, 1.54) is 0 Å². The van der Waals surface area contributed by atoms with Gasteiger partial charge >= 0.3 is 0 Å². The maximum Gasteiger partial charge on any atom is 0.152 e.